The largest absolute Gasteiger partial charge is 0.354 e. The van der Waals surface area contributed by atoms with Gasteiger partial charge in [0.15, 0.2) is 15.8 Å². The molecule has 4 unspecified atom stereocenters. The van der Waals surface area contributed by atoms with Crippen molar-refractivity contribution < 1.29 is 8.42 Å². The van der Waals surface area contributed by atoms with Crippen LogP contribution >= 0.6 is 0 Å². The number of nitrogens with zero attached hydrogens (tertiary/aromatic N) is 4. The van der Waals surface area contributed by atoms with Gasteiger partial charge >= 0.3 is 0 Å². The van der Waals surface area contributed by atoms with Gasteiger partial charge in [-0.1, -0.05) is 13.8 Å². The van der Waals surface area contributed by atoms with Crippen LogP contribution in [0.1, 0.15) is 46.1 Å². The van der Waals surface area contributed by atoms with E-state index in [1.54, 1.807) is 0 Å². The zero-order chi connectivity index (χ0) is 19.4. The minimum absolute atomic E-state index is 0.150. The van der Waals surface area contributed by atoms with Gasteiger partial charge in [0.2, 0.25) is 0 Å². The number of nitrogens with one attached hydrogen (secondary N) is 1. The average Bonchev–Trinajstić information content (AvgIpc) is 3.28. The molecule has 0 saturated carbocycles. The van der Waals surface area contributed by atoms with E-state index in [0.29, 0.717) is 30.3 Å². The van der Waals surface area contributed by atoms with E-state index in [9.17, 15) is 8.42 Å². The summed E-state index contributed by atoms with van der Waals surface area (Å²) in [6, 6.07) is 0.708. The Balaban J connectivity index is 1.72. The van der Waals surface area contributed by atoms with Gasteiger partial charge in [-0.05, 0) is 38.0 Å². The van der Waals surface area contributed by atoms with Gasteiger partial charge in [-0.3, -0.25) is 4.99 Å². The van der Waals surface area contributed by atoms with Crippen molar-refractivity contribution >= 4 is 15.8 Å². The molecule has 0 radical (unpaired) electrons. The number of guanidine groups is 1. The third-order valence-electron chi connectivity index (χ3n) is 5.94. The molecule has 27 heavy (non-hydrogen) atoms. The smallest absolute Gasteiger partial charge is 0.194 e. The first-order valence-electron chi connectivity index (χ1n) is 10.1. The van der Waals surface area contributed by atoms with Gasteiger partial charge in [0.05, 0.1) is 23.9 Å². The van der Waals surface area contributed by atoms with Crippen LogP contribution in [0.5, 0.6) is 0 Å². The summed E-state index contributed by atoms with van der Waals surface area (Å²) >= 11 is 0. The Kier molecular flexibility index (Phi) is 6.44. The molecule has 3 heterocycles. The molecule has 1 aromatic rings. The van der Waals surface area contributed by atoms with E-state index in [-0.39, 0.29) is 11.7 Å². The van der Waals surface area contributed by atoms with Crippen molar-refractivity contribution in [1.82, 2.24) is 19.8 Å². The Hall–Kier alpha value is -1.57. The third-order valence-corrected chi connectivity index (χ3v) is 7.78. The number of imidazole rings is 1. The predicted octanol–water partition coefficient (Wildman–Crippen LogP) is 1.94. The SMILES string of the molecule is CCC(C)NC(=NCC1CCS(=O)(=O)C1)N1CCC(C)C(n2ccnc2)C1. The molecule has 0 spiro atoms. The summed E-state index contributed by atoms with van der Waals surface area (Å²) in [6.07, 6.45) is 8.61. The van der Waals surface area contributed by atoms with Crippen LogP contribution in [-0.2, 0) is 9.84 Å². The number of sulfone groups is 1. The van der Waals surface area contributed by atoms with Gasteiger partial charge in [0.25, 0.3) is 0 Å². The van der Waals surface area contributed by atoms with Gasteiger partial charge < -0.3 is 14.8 Å². The van der Waals surface area contributed by atoms with E-state index in [2.05, 4.69) is 40.5 Å². The minimum Gasteiger partial charge on any atom is -0.354 e. The van der Waals surface area contributed by atoms with E-state index >= 15 is 0 Å². The van der Waals surface area contributed by atoms with Crippen LogP contribution in [-0.4, -0.2) is 66.0 Å². The fourth-order valence-electron chi connectivity index (χ4n) is 3.89. The molecule has 2 fully saturated rings. The molecule has 0 aromatic carbocycles. The van der Waals surface area contributed by atoms with Crippen LogP contribution in [0.15, 0.2) is 23.7 Å². The number of aromatic nitrogens is 2. The van der Waals surface area contributed by atoms with E-state index in [4.69, 9.17) is 4.99 Å². The quantitative estimate of drug-likeness (QED) is 0.609. The van der Waals surface area contributed by atoms with Gasteiger partial charge in [-0.2, -0.15) is 0 Å². The lowest BCUT2D eigenvalue weighted by Gasteiger charge is -2.40. The first-order valence-corrected chi connectivity index (χ1v) is 11.9. The maximum absolute atomic E-state index is 11.7. The molecule has 4 atom stereocenters. The Morgan fingerprint density at radius 1 is 1.41 bits per heavy atom. The Morgan fingerprint density at radius 3 is 2.85 bits per heavy atom. The molecular weight excluding hydrogens is 362 g/mol. The highest BCUT2D eigenvalue weighted by Gasteiger charge is 2.31. The molecule has 8 heteroatoms. The topological polar surface area (TPSA) is 79.6 Å². The minimum atomic E-state index is -2.86. The van der Waals surface area contributed by atoms with Gasteiger partial charge in [0.1, 0.15) is 0 Å². The maximum Gasteiger partial charge on any atom is 0.194 e. The molecule has 0 aliphatic carbocycles. The van der Waals surface area contributed by atoms with Crippen LogP contribution in [0, 0.1) is 11.8 Å². The summed E-state index contributed by atoms with van der Waals surface area (Å²) in [4.78, 5) is 11.4. The Bertz CT molecular complexity index is 731. The normalized spacial score (nSPS) is 29.7. The number of likely N-dealkylation sites (tertiary alicyclic amines) is 1. The first-order chi connectivity index (χ1) is 12.9. The number of hydrogen-bond acceptors (Lipinski definition) is 4. The lowest BCUT2D eigenvalue weighted by molar-refractivity contribution is 0.187. The molecule has 0 bridgehead atoms. The molecule has 152 valence electrons. The standard InChI is InChI=1S/C19H33N5O2S/c1-4-16(3)22-19(21-11-17-6-10-27(25,26)13-17)23-8-5-15(2)18(12-23)24-9-7-20-14-24/h7,9,14-18H,4-6,8,10-13H2,1-3H3,(H,21,22). The van der Waals surface area contributed by atoms with Crippen molar-refractivity contribution in [1.29, 1.82) is 0 Å². The second kappa shape index (κ2) is 8.63. The van der Waals surface area contributed by atoms with E-state index in [0.717, 1.165) is 38.3 Å². The second-order valence-electron chi connectivity index (χ2n) is 8.18. The number of piperidine rings is 1. The van der Waals surface area contributed by atoms with Crippen LogP contribution < -0.4 is 5.32 Å². The molecule has 2 aliphatic heterocycles. The van der Waals surface area contributed by atoms with Gasteiger partial charge in [-0.25, -0.2) is 13.4 Å². The monoisotopic (exact) mass is 395 g/mol. The zero-order valence-electron chi connectivity index (χ0n) is 16.7. The van der Waals surface area contributed by atoms with E-state index in [1.807, 2.05) is 18.7 Å². The number of hydrogen-bond donors (Lipinski definition) is 1. The highest BCUT2D eigenvalue weighted by Crippen LogP contribution is 2.27. The highest BCUT2D eigenvalue weighted by molar-refractivity contribution is 7.91. The molecular formula is C19H33N5O2S. The van der Waals surface area contributed by atoms with Crippen molar-refractivity contribution in [2.45, 2.75) is 52.1 Å². The Morgan fingerprint density at radius 2 is 2.22 bits per heavy atom. The maximum atomic E-state index is 11.7. The first kappa shape index (κ1) is 20.2. The van der Waals surface area contributed by atoms with Crippen LogP contribution in [0.3, 0.4) is 0 Å². The molecule has 1 N–H and O–H groups in total. The van der Waals surface area contributed by atoms with Crippen molar-refractivity contribution in [3.8, 4) is 0 Å². The summed E-state index contributed by atoms with van der Waals surface area (Å²) in [5.74, 6) is 2.25. The summed E-state index contributed by atoms with van der Waals surface area (Å²) in [5, 5.41) is 3.56. The molecule has 7 nitrogen and oxygen atoms in total. The van der Waals surface area contributed by atoms with Crippen LogP contribution in [0.2, 0.25) is 0 Å². The molecule has 0 amide bonds. The van der Waals surface area contributed by atoms with Crippen molar-refractivity contribution in [3.63, 3.8) is 0 Å². The summed E-state index contributed by atoms with van der Waals surface area (Å²) in [6.45, 7) is 9.06. The zero-order valence-corrected chi connectivity index (χ0v) is 17.5. The molecule has 1 aromatic heterocycles. The van der Waals surface area contributed by atoms with Crippen LogP contribution in [0.4, 0.5) is 0 Å². The fraction of sp³-hybridized carbons (Fsp3) is 0.789. The van der Waals surface area contributed by atoms with Crippen molar-refractivity contribution in [2.24, 2.45) is 16.8 Å². The summed E-state index contributed by atoms with van der Waals surface area (Å²) < 4.78 is 25.7. The van der Waals surface area contributed by atoms with Crippen molar-refractivity contribution in [2.75, 3.05) is 31.1 Å². The fourth-order valence-corrected chi connectivity index (χ4v) is 5.74. The molecule has 2 aliphatic rings. The van der Waals surface area contributed by atoms with E-state index in [1.165, 1.54) is 0 Å². The number of aliphatic imine (C=N–C) groups is 1. The van der Waals surface area contributed by atoms with Crippen molar-refractivity contribution in [3.05, 3.63) is 18.7 Å². The lowest BCUT2D eigenvalue weighted by atomic mass is 9.93. The third kappa shape index (κ3) is 5.24. The molecule has 2 saturated heterocycles. The Labute approximate surface area is 163 Å². The van der Waals surface area contributed by atoms with Gasteiger partial charge in [0, 0.05) is 38.1 Å². The second-order valence-corrected chi connectivity index (χ2v) is 10.4. The lowest BCUT2D eigenvalue weighted by Crippen LogP contribution is -2.51. The van der Waals surface area contributed by atoms with Gasteiger partial charge in [-0.15, -0.1) is 0 Å². The summed E-state index contributed by atoms with van der Waals surface area (Å²) in [5.41, 5.74) is 0. The molecule has 3 rings (SSSR count). The van der Waals surface area contributed by atoms with Crippen LogP contribution in [0.25, 0.3) is 0 Å². The van der Waals surface area contributed by atoms with E-state index < -0.39 is 9.84 Å². The predicted molar refractivity (Wildman–Crippen MR) is 109 cm³/mol. The average molecular weight is 396 g/mol. The summed E-state index contributed by atoms with van der Waals surface area (Å²) in [7, 11) is -2.86. The highest BCUT2D eigenvalue weighted by atomic mass is 32.2. The number of rotatable bonds is 5.